The number of hydrogen-bond donors (Lipinski definition) is 2. The lowest BCUT2D eigenvalue weighted by Gasteiger charge is -2.13. The average Bonchev–Trinajstić information content (AvgIpc) is 3.14. The Labute approximate surface area is 162 Å². The molecule has 11 heteroatoms. The SMILES string of the molecule is O=C(CSc1nc(=O)n(CCO)c2c1CCC2)Nc1ccc(F)c([N+](=O)[O-])c1. The minimum atomic E-state index is -0.986. The maximum absolute atomic E-state index is 13.4. The normalized spacial score (nSPS) is 12.6. The number of aliphatic hydroxyl groups excluding tert-OH is 1. The lowest BCUT2D eigenvalue weighted by atomic mass is 10.2. The molecular weight excluding hydrogens is 391 g/mol. The van der Waals surface area contributed by atoms with Gasteiger partial charge in [-0.1, -0.05) is 11.8 Å². The van der Waals surface area contributed by atoms with Gasteiger partial charge in [0, 0.05) is 23.0 Å². The van der Waals surface area contributed by atoms with Gasteiger partial charge in [-0.15, -0.1) is 0 Å². The van der Waals surface area contributed by atoms with E-state index in [1.165, 1.54) is 10.6 Å². The van der Waals surface area contributed by atoms with Crippen LogP contribution in [0.5, 0.6) is 0 Å². The Bertz CT molecular complexity index is 994. The summed E-state index contributed by atoms with van der Waals surface area (Å²) < 4.78 is 14.8. The summed E-state index contributed by atoms with van der Waals surface area (Å²) in [5.41, 5.74) is 0.661. The minimum absolute atomic E-state index is 0.0614. The highest BCUT2D eigenvalue weighted by Crippen LogP contribution is 2.29. The molecule has 1 heterocycles. The van der Waals surface area contributed by atoms with Crippen LogP contribution in [0.25, 0.3) is 0 Å². The highest BCUT2D eigenvalue weighted by Gasteiger charge is 2.22. The molecular formula is C17H17FN4O5S. The Morgan fingerprint density at radius 3 is 2.93 bits per heavy atom. The molecule has 1 aromatic carbocycles. The molecule has 0 fully saturated rings. The second kappa shape index (κ2) is 8.48. The molecule has 0 radical (unpaired) electrons. The van der Waals surface area contributed by atoms with Gasteiger partial charge in [0.2, 0.25) is 11.7 Å². The summed E-state index contributed by atoms with van der Waals surface area (Å²) in [4.78, 5) is 38.3. The number of rotatable bonds is 7. The van der Waals surface area contributed by atoms with Gasteiger partial charge < -0.3 is 10.4 Å². The lowest BCUT2D eigenvalue weighted by Crippen LogP contribution is -2.28. The largest absolute Gasteiger partial charge is 0.395 e. The monoisotopic (exact) mass is 408 g/mol. The number of nitrogens with one attached hydrogen (secondary N) is 1. The first-order valence-electron chi connectivity index (χ1n) is 8.50. The molecule has 1 aromatic heterocycles. The van der Waals surface area contributed by atoms with Crippen LogP contribution < -0.4 is 11.0 Å². The molecule has 0 atom stereocenters. The standard InChI is InChI=1S/C17H17FN4O5S/c18-12-5-4-10(8-14(12)22(26)27)19-15(24)9-28-16-11-2-1-3-13(11)21(6-7-23)17(25)20-16/h4-5,8,23H,1-3,6-7,9H2,(H,19,24). The number of nitro benzene ring substituents is 1. The number of hydrogen-bond acceptors (Lipinski definition) is 7. The van der Waals surface area contributed by atoms with Gasteiger partial charge in [-0.05, 0) is 31.4 Å². The molecule has 1 aliphatic carbocycles. The Morgan fingerprint density at radius 2 is 2.21 bits per heavy atom. The highest BCUT2D eigenvalue weighted by atomic mass is 32.2. The maximum atomic E-state index is 13.4. The summed E-state index contributed by atoms with van der Waals surface area (Å²) in [6, 6.07) is 3.09. The Kier molecular flexibility index (Phi) is 6.05. The zero-order valence-corrected chi connectivity index (χ0v) is 15.5. The number of carbonyl (C=O) groups excluding carboxylic acids is 1. The topological polar surface area (TPSA) is 127 Å². The fourth-order valence-electron chi connectivity index (χ4n) is 3.10. The molecule has 0 aliphatic heterocycles. The zero-order chi connectivity index (χ0) is 20.3. The number of aromatic nitrogens is 2. The van der Waals surface area contributed by atoms with Crippen molar-refractivity contribution >= 4 is 29.0 Å². The van der Waals surface area contributed by atoms with E-state index in [0.29, 0.717) is 11.4 Å². The number of thioether (sulfide) groups is 1. The minimum Gasteiger partial charge on any atom is -0.395 e. The van der Waals surface area contributed by atoms with Gasteiger partial charge in [0.25, 0.3) is 0 Å². The molecule has 3 rings (SSSR count). The van der Waals surface area contributed by atoms with Crippen LogP contribution in [0, 0.1) is 15.9 Å². The molecule has 2 N–H and O–H groups in total. The third-order valence-electron chi connectivity index (χ3n) is 4.29. The number of fused-ring (bicyclic) bond motifs is 1. The third-order valence-corrected chi connectivity index (χ3v) is 5.31. The Morgan fingerprint density at radius 1 is 1.43 bits per heavy atom. The van der Waals surface area contributed by atoms with Gasteiger partial charge in [0.1, 0.15) is 5.03 Å². The van der Waals surface area contributed by atoms with Gasteiger partial charge in [-0.3, -0.25) is 19.5 Å². The van der Waals surface area contributed by atoms with Crippen molar-refractivity contribution in [3.8, 4) is 0 Å². The number of amides is 1. The van der Waals surface area contributed by atoms with Gasteiger partial charge >= 0.3 is 11.4 Å². The van der Waals surface area contributed by atoms with Crippen molar-refractivity contribution in [2.45, 2.75) is 30.8 Å². The van der Waals surface area contributed by atoms with E-state index in [1.54, 1.807) is 0 Å². The highest BCUT2D eigenvalue weighted by molar-refractivity contribution is 8.00. The van der Waals surface area contributed by atoms with E-state index in [4.69, 9.17) is 5.11 Å². The van der Waals surface area contributed by atoms with Gasteiger partial charge in [-0.25, -0.2) is 4.79 Å². The van der Waals surface area contributed by atoms with E-state index in [1.807, 2.05) is 0 Å². The molecule has 0 saturated carbocycles. The predicted molar refractivity (Wildman–Crippen MR) is 100 cm³/mol. The van der Waals surface area contributed by atoms with Crippen molar-refractivity contribution in [3.05, 3.63) is 55.9 Å². The van der Waals surface area contributed by atoms with Gasteiger partial charge in [-0.2, -0.15) is 9.37 Å². The smallest absolute Gasteiger partial charge is 0.348 e. The maximum Gasteiger partial charge on any atom is 0.348 e. The number of nitrogens with zero attached hydrogens (tertiary/aromatic N) is 3. The van der Waals surface area contributed by atoms with Crippen molar-refractivity contribution in [2.75, 3.05) is 17.7 Å². The number of nitro groups is 1. The third kappa shape index (κ3) is 4.20. The quantitative estimate of drug-likeness (QED) is 0.308. The first-order valence-corrected chi connectivity index (χ1v) is 9.49. The summed E-state index contributed by atoms with van der Waals surface area (Å²) in [6.45, 7) is 0.0235. The molecule has 28 heavy (non-hydrogen) atoms. The summed E-state index contributed by atoms with van der Waals surface area (Å²) in [7, 11) is 0. The van der Waals surface area contributed by atoms with Crippen LogP contribution in [0.3, 0.4) is 0 Å². The van der Waals surface area contributed by atoms with Crippen molar-refractivity contribution in [2.24, 2.45) is 0 Å². The molecule has 0 bridgehead atoms. The lowest BCUT2D eigenvalue weighted by molar-refractivity contribution is -0.387. The van der Waals surface area contributed by atoms with E-state index in [9.17, 15) is 24.1 Å². The van der Waals surface area contributed by atoms with Crippen LogP contribution in [-0.4, -0.2) is 37.8 Å². The first-order chi connectivity index (χ1) is 13.4. The fourth-order valence-corrected chi connectivity index (χ4v) is 3.97. The molecule has 1 amide bonds. The van der Waals surface area contributed by atoms with Crippen LogP contribution in [0.15, 0.2) is 28.0 Å². The van der Waals surface area contributed by atoms with E-state index < -0.39 is 28.0 Å². The molecule has 1 aliphatic rings. The fraction of sp³-hybridized carbons (Fsp3) is 0.353. The summed E-state index contributed by atoms with van der Waals surface area (Å²) in [6.07, 6.45) is 2.32. The van der Waals surface area contributed by atoms with Gasteiger partial charge in [0.05, 0.1) is 23.8 Å². The summed E-state index contributed by atoms with van der Waals surface area (Å²) in [5.74, 6) is -1.51. The number of aliphatic hydroxyl groups is 1. The molecule has 0 unspecified atom stereocenters. The number of carbonyl (C=O) groups is 1. The molecule has 9 nitrogen and oxygen atoms in total. The van der Waals surface area contributed by atoms with E-state index in [-0.39, 0.29) is 24.6 Å². The van der Waals surface area contributed by atoms with Crippen LogP contribution in [0.1, 0.15) is 17.7 Å². The van der Waals surface area contributed by atoms with Gasteiger partial charge in [0.15, 0.2) is 0 Å². The molecule has 148 valence electrons. The Hall–Kier alpha value is -2.79. The summed E-state index contributed by atoms with van der Waals surface area (Å²) >= 11 is 1.10. The molecule has 2 aromatic rings. The number of benzene rings is 1. The van der Waals surface area contributed by atoms with Crippen molar-refractivity contribution in [3.63, 3.8) is 0 Å². The predicted octanol–water partition coefficient (Wildman–Crippen LogP) is 1.50. The second-order valence-electron chi connectivity index (χ2n) is 6.11. The number of halogens is 1. The van der Waals surface area contributed by atoms with E-state index >= 15 is 0 Å². The van der Waals surface area contributed by atoms with Crippen LogP contribution in [0.4, 0.5) is 15.8 Å². The average molecular weight is 408 g/mol. The van der Waals surface area contributed by atoms with Crippen LogP contribution >= 0.6 is 11.8 Å². The van der Waals surface area contributed by atoms with Crippen LogP contribution in [0.2, 0.25) is 0 Å². The molecule has 0 spiro atoms. The van der Waals surface area contributed by atoms with Crippen LogP contribution in [-0.2, 0) is 24.2 Å². The van der Waals surface area contributed by atoms with E-state index in [0.717, 1.165) is 48.0 Å². The second-order valence-corrected chi connectivity index (χ2v) is 7.08. The Balaban J connectivity index is 1.71. The first kappa shape index (κ1) is 20.0. The molecule has 0 saturated heterocycles. The summed E-state index contributed by atoms with van der Waals surface area (Å²) in [5, 5.41) is 22.9. The van der Waals surface area contributed by atoms with Crippen molar-refractivity contribution in [1.82, 2.24) is 9.55 Å². The van der Waals surface area contributed by atoms with Crippen molar-refractivity contribution in [1.29, 1.82) is 0 Å². The zero-order valence-electron chi connectivity index (χ0n) is 14.7. The van der Waals surface area contributed by atoms with E-state index in [2.05, 4.69) is 10.3 Å². The van der Waals surface area contributed by atoms with Crippen molar-refractivity contribution < 1.29 is 19.2 Å². The number of anilines is 1.